The van der Waals surface area contributed by atoms with Gasteiger partial charge in [0.05, 0.1) is 48.7 Å². The van der Waals surface area contributed by atoms with E-state index >= 15 is 0 Å². The molecular formula is C62H74N10O9S. The molecule has 0 unspecified atom stereocenters. The molecular weight excluding hydrogens is 1060 g/mol. The van der Waals surface area contributed by atoms with Crippen LogP contribution in [0.15, 0.2) is 97.3 Å². The minimum absolute atomic E-state index is 0.0317. The SMILES string of the molecule is COCC(=O)N1CCC[C@H]1c1ncc(-c2ccc(-c3ccc(-c4cnc([C@@H]5CCCN5C(=O)[C@H](CCCCNC(=O)N5CCC(N(C(=O)C6CCC(C)CC6)c6cc(-c7ccccc7)sc6C(=O)O)CC5)NC(=O)OC)[nH]4)cc3)cc2)[nH]1. The fourth-order valence-electron chi connectivity index (χ4n) is 12.3. The zero-order chi connectivity index (χ0) is 57.3. The monoisotopic (exact) mass is 1130 g/mol. The van der Waals surface area contributed by atoms with Crippen molar-refractivity contribution in [2.45, 2.75) is 115 Å². The van der Waals surface area contributed by atoms with Gasteiger partial charge in [0.2, 0.25) is 17.7 Å². The van der Waals surface area contributed by atoms with Crippen molar-refractivity contribution in [3.63, 3.8) is 0 Å². The Kier molecular flexibility index (Phi) is 18.5. The van der Waals surface area contributed by atoms with Crippen LogP contribution in [0.25, 0.3) is 44.1 Å². The van der Waals surface area contributed by atoms with Crippen molar-refractivity contribution in [2.75, 3.05) is 58.5 Å². The summed E-state index contributed by atoms with van der Waals surface area (Å²) in [5.74, 6) is 0.450. The summed E-state index contributed by atoms with van der Waals surface area (Å²) in [6, 6.07) is 26.2. The van der Waals surface area contributed by atoms with Crippen molar-refractivity contribution < 1.29 is 43.3 Å². The third kappa shape index (κ3) is 13.1. The van der Waals surface area contributed by atoms with Gasteiger partial charge in [-0.15, -0.1) is 11.3 Å². The Labute approximate surface area is 482 Å². The molecule has 19 nitrogen and oxygen atoms in total. The maximum Gasteiger partial charge on any atom is 0.407 e. The van der Waals surface area contributed by atoms with E-state index in [-0.39, 0.29) is 59.3 Å². The van der Waals surface area contributed by atoms with E-state index in [9.17, 15) is 33.9 Å². The number of aromatic amines is 2. The second-order valence-corrected chi connectivity index (χ2v) is 23.2. The van der Waals surface area contributed by atoms with Crippen LogP contribution in [0.5, 0.6) is 0 Å². The van der Waals surface area contributed by atoms with Crippen LogP contribution in [-0.2, 0) is 23.9 Å². The highest BCUT2D eigenvalue weighted by Crippen LogP contribution is 2.42. The first-order valence-corrected chi connectivity index (χ1v) is 29.7. The maximum absolute atomic E-state index is 14.5. The molecule has 0 bridgehead atoms. The van der Waals surface area contributed by atoms with Crippen molar-refractivity contribution in [2.24, 2.45) is 11.8 Å². The van der Waals surface area contributed by atoms with Crippen molar-refractivity contribution in [3.05, 3.63) is 114 Å². The number of ether oxygens (including phenoxy) is 2. The number of unbranched alkanes of at least 4 members (excludes halogenated alkanes) is 1. The Morgan fingerprint density at radius 3 is 1.89 bits per heavy atom. The van der Waals surface area contributed by atoms with Crippen molar-refractivity contribution in [3.8, 4) is 44.1 Å². The van der Waals surface area contributed by atoms with Gasteiger partial charge in [-0.1, -0.05) is 85.8 Å². The fraction of sp³-hybridized carbons (Fsp3) is 0.452. The van der Waals surface area contributed by atoms with Crippen LogP contribution in [0.4, 0.5) is 15.3 Å². The summed E-state index contributed by atoms with van der Waals surface area (Å²) in [5.41, 5.74) is 7.06. The van der Waals surface area contributed by atoms with Gasteiger partial charge in [-0.05, 0) is 123 Å². The van der Waals surface area contributed by atoms with Crippen LogP contribution in [0, 0.1) is 11.8 Å². The number of nitrogens with zero attached hydrogens (tertiary/aromatic N) is 6. The summed E-state index contributed by atoms with van der Waals surface area (Å²) in [4.78, 5) is 105. The topological polar surface area (TPSA) is 235 Å². The molecule has 20 heteroatoms. The molecule has 3 saturated heterocycles. The second-order valence-electron chi connectivity index (χ2n) is 22.2. The van der Waals surface area contributed by atoms with Crippen molar-refractivity contribution in [1.29, 1.82) is 0 Å². The number of piperidine rings is 1. The van der Waals surface area contributed by atoms with Crippen molar-refractivity contribution >= 4 is 52.8 Å². The number of rotatable bonds is 19. The van der Waals surface area contributed by atoms with Gasteiger partial charge in [-0.2, -0.15) is 0 Å². The number of carboxylic acid groups (broad SMARTS) is 1. The number of hydrogen-bond donors (Lipinski definition) is 5. The maximum atomic E-state index is 14.5. The number of alkyl carbamates (subject to hydrolysis) is 1. The predicted molar refractivity (Wildman–Crippen MR) is 313 cm³/mol. The lowest BCUT2D eigenvalue weighted by Gasteiger charge is -2.40. The predicted octanol–water partition coefficient (Wildman–Crippen LogP) is 10.5. The van der Waals surface area contributed by atoms with Crippen LogP contribution in [0.1, 0.15) is 124 Å². The molecule has 3 aliphatic heterocycles. The molecule has 5 N–H and O–H groups in total. The lowest BCUT2D eigenvalue weighted by atomic mass is 9.82. The van der Waals surface area contributed by atoms with E-state index in [0.717, 1.165) is 94.9 Å². The number of anilines is 1. The molecule has 10 rings (SSSR count). The van der Waals surface area contributed by atoms with Gasteiger partial charge in [0, 0.05) is 56.7 Å². The molecule has 6 aromatic rings. The Morgan fingerprint density at radius 1 is 0.720 bits per heavy atom. The zero-order valence-electron chi connectivity index (χ0n) is 46.9. The van der Waals surface area contributed by atoms with Gasteiger partial charge < -0.3 is 54.8 Å². The Balaban J connectivity index is 0.713. The zero-order valence-corrected chi connectivity index (χ0v) is 47.8. The van der Waals surface area contributed by atoms with Gasteiger partial charge in [0.15, 0.2) is 0 Å². The quantitative estimate of drug-likeness (QED) is 0.0478. The van der Waals surface area contributed by atoms with Crippen LogP contribution in [0.2, 0.25) is 0 Å². The van der Waals surface area contributed by atoms with E-state index in [4.69, 9.17) is 14.5 Å². The molecule has 1 saturated carbocycles. The van der Waals surface area contributed by atoms with E-state index in [1.54, 1.807) is 20.9 Å². The number of likely N-dealkylation sites (tertiary alicyclic amines) is 3. The number of hydrogen-bond acceptors (Lipinski definition) is 11. The minimum atomic E-state index is -1.07. The summed E-state index contributed by atoms with van der Waals surface area (Å²) in [6.07, 6.45) is 12.0. The molecule has 0 radical (unpaired) electrons. The summed E-state index contributed by atoms with van der Waals surface area (Å²) in [7, 11) is 2.80. The molecule has 432 valence electrons. The molecule has 3 aromatic carbocycles. The van der Waals surface area contributed by atoms with Gasteiger partial charge in [-0.3, -0.25) is 14.4 Å². The molecule has 1 aliphatic carbocycles. The highest BCUT2D eigenvalue weighted by molar-refractivity contribution is 7.18. The smallest absolute Gasteiger partial charge is 0.407 e. The van der Waals surface area contributed by atoms with Crippen LogP contribution in [0.3, 0.4) is 0 Å². The van der Waals surface area contributed by atoms with E-state index in [1.807, 2.05) is 59.6 Å². The fourth-order valence-corrected chi connectivity index (χ4v) is 13.3. The van der Waals surface area contributed by atoms with Gasteiger partial charge in [0.1, 0.15) is 29.2 Å². The Bertz CT molecular complexity index is 3180. The Morgan fingerprint density at radius 2 is 1.30 bits per heavy atom. The Hall–Kier alpha value is -7.84. The summed E-state index contributed by atoms with van der Waals surface area (Å²) in [5, 5.41) is 16.2. The van der Waals surface area contributed by atoms with Crippen LogP contribution in [-0.4, -0.2) is 141 Å². The molecule has 4 aliphatic rings. The second kappa shape index (κ2) is 26.4. The third-order valence-corrected chi connectivity index (χ3v) is 18.0. The standard InChI is InChI=1S/C62H74N10O9S/c1-39-16-18-45(19-17-39)58(74)72(52-35-53(82-55(52)60(76)77)44-11-5-4-6-12-44)46-28-33-69(34-29-46)61(78)63-30-8-7-13-47(68-62(79)81-3)59(75)71-32-10-15-51(71)57-65-37-49(67-57)43-26-22-41(23-27-43)40-20-24-42(25-21-40)48-36-64-56(66-48)50-14-9-31-70(50)54(73)38-80-2/h4-6,11-12,20-27,35-37,39,45-47,50-51H,7-10,13-19,28-34,38H2,1-3H3,(H,63,78)(H,64,66)(H,65,67)(H,68,79)(H,76,77)/t39?,45?,47-,50-,51-/m0/s1. The molecule has 0 spiro atoms. The molecule has 6 heterocycles. The number of carbonyl (C=O) groups excluding carboxylic acids is 5. The normalized spacial score (nSPS) is 19.7. The summed E-state index contributed by atoms with van der Waals surface area (Å²) >= 11 is 1.18. The number of carbonyl (C=O) groups is 6. The number of imidazole rings is 2. The number of thiophene rings is 1. The number of urea groups is 1. The number of H-pyrrole nitrogens is 2. The number of amides is 6. The number of benzene rings is 3. The average Bonchev–Trinajstić information content (AvgIpc) is 4.40. The first kappa shape index (κ1) is 57.4. The summed E-state index contributed by atoms with van der Waals surface area (Å²) in [6.45, 7) is 4.61. The summed E-state index contributed by atoms with van der Waals surface area (Å²) < 4.78 is 10.0. The lowest BCUT2D eigenvalue weighted by Crippen LogP contribution is -2.52. The highest BCUT2D eigenvalue weighted by atomic mass is 32.1. The first-order valence-electron chi connectivity index (χ1n) is 28.9. The third-order valence-electron chi connectivity index (χ3n) is 16.8. The van der Waals surface area contributed by atoms with Gasteiger partial charge >= 0.3 is 18.1 Å². The molecule has 3 aromatic heterocycles. The molecule has 4 fully saturated rings. The van der Waals surface area contributed by atoms with E-state index in [1.165, 1.54) is 25.6 Å². The van der Waals surface area contributed by atoms with E-state index in [2.05, 4.69) is 68.9 Å². The largest absolute Gasteiger partial charge is 0.477 e. The number of methoxy groups -OCH3 is 2. The van der Waals surface area contributed by atoms with Gasteiger partial charge in [0.25, 0.3) is 0 Å². The molecule has 82 heavy (non-hydrogen) atoms. The van der Waals surface area contributed by atoms with E-state index in [0.29, 0.717) is 88.7 Å². The number of nitrogens with one attached hydrogen (secondary N) is 4. The minimum Gasteiger partial charge on any atom is -0.477 e. The number of aromatic nitrogens is 4. The van der Waals surface area contributed by atoms with Crippen molar-refractivity contribution in [1.82, 2.24) is 45.3 Å². The van der Waals surface area contributed by atoms with Crippen LogP contribution >= 0.6 is 11.3 Å². The van der Waals surface area contributed by atoms with Crippen LogP contribution < -0.4 is 15.5 Å². The van der Waals surface area contributed by atoms with Gasteiger partial charge in [-0.25, -0.2) is 24.4 Å². The first-order chi connectivity index (χ1) is 39.9. The molecule has 3 atom stereocenters. The molecule has 6 amide bonds. The number of aromatic carboxylic acids is 1. The highest BCUT2D eigenvalue weighted by Gasteiger charge is 2.40. The average molecular weight is 1140 g/mol. The number of carboxylic acids is 1. The lowest BCUT2D eigenvalue weighted by molar-refractivity contribution is -0.136. The van der Waals surface area contributed by atoms with E-state index < -0.39 is 18.1 Å².